The minimum Gasteiger partial charge on any atom is -0.496 e. The summed E-state index contributed by atoms with van der Waals surface area (Å²) in [7, 11) is 1.53. The molecule has 5 aromatic rings. The molecule has 0 radical (unpaired) electrons. The third-order valence-electron chi connectivity index (χ3n) is 6.84. The van der Waals surface area contributed by atoms with Crippen LogP contribution in [-0.4, -0.2) is 24.8 Å². The summed E-state index contributed by atoms with van der Waals surface area (Å²) < 4.78 is 5.45. The fraction of sp³-hybridized carbons (Fsp3) is 0.0541. The van der Waals surface area contributed by atoms with Crippen LogP contribution in [0.2, 0.25) is 10.0 Å². The van der Waals surface area contributed by atoms with Gasteiger partial charge in [0.25, 0.3) is 11.8 Å². The molecule has 0 aliphatic carbocycles. The standard InChI is InChI=1S/C37H29Cl2N3O4S/c1-46-33-18-9-8-15-26(33)21-32(42-35(43)25-13-6-3-7-14-25)36(44)40-28-16-10-17-29(23-28)47-34(24-11-4-2-5-12-24)37(45)41-31-22-27(38)19-20-30(31)39/h2-23,34H,1H3,(H,40,44)(H,41,45)(H,42,43)/b32-21+. The molecule has 0 bridgehead atoms. The zero-order valence-electron chi connectivity index (χ0n) is 25.1. The first-order valence-corrected chi connectivity index (χ1v) is 16.0. The second kappa shape index (κ2) is 16.0. The first kappa shape index (κ1) is 33.3. The number of carbonyl (C=O) groups excluding carboxylic acids is 3. The summed E-state index contributed by atoms with van der Waals surface area (Å²) in [6.07, 6.45) is 1.56. The lowest BCUT2D eigenvalue weighted by Gasteiger charge is -2.18. The maximum Gasteiger partial charge on any atom is 0.272 e. The van der Waals surface area contributed by atoms with Gasteiger partial charge in [-0.3, -0.25) is 14.4 Å². The molecule has 47 heavy (non-hydrogen) atoms. The minimum absolute atomic E-state index is 0.0151. The summed E-state index contributed by atoms with van der Waals surface area (Å²) >= 11 is 13.8. The van der Waals surface area contributed by atoms with E-state index < -0.39 is 17.1 Å². The van der Waals surface area contributed by atoms with E-state index in [1.807, 2.05) is 48.5 Å². The van der Waals surface area contributed by atoms with E-state index in [0.29, 0.717) is 43.2 Å². The molecule has 0 aliphatic heterocycles. The van der Waals surface area contributed by atoms with Gasteiger partial charge in [-0.25, -0.2) is 0 Å². The zero-order chi connectivity index (χ0) is 33.2. The highest BCUT2D eigenvalue weighted by Gasteiger charge is 2.24. The Hall–Kier alpha value is -5.02. The van der Waals surface area contributed by atoms with Gasteiger partial charge in [-0.05, 0) is 66.2 Å². The Bertz CT molecular complexity index is 1920. The van der Waals surface area contributed by atoms with Crippen molar-refractivity contribution in [2.45, 2.75) is 10.1 Å². The van der Waals surface area contributed by atoms with Crippen LogP contribution in [0.25, 0.3) is 6.08 Å². The Morgan fingerprint density at radius 2 is 1.47 bits per heavy atom. The maximum atomic E-state index is 13.7. The number of benzene rings is 5. The molecule has 0 aliphatic rings. The van der Waals surface area contributed by atoms with E-state index in [1.54, 1.807) is 84.9 Å². The average Bonchev–Trinajstić information content (AvgIpc) is 3.09. The molecule has 7 nitrogen and oxygen atoms in total. The molecule has 0 spiro atoms. The number of thioether (sulfide) groups is 1. The van der Waals surface area contributed by atoms with Crippen molar-refractivity contribution in [3.05, 3.63) is 160 Å². The Balaban J connectivity index is 1.40. The fourth-order valence-corrected chi connectivity index (χ4v) is 5.98. The van der Waals surface area contributed by atoms with E-state index in [-0.39, 0.29) is 11.6 Å². The Morgan fingerprint density at radius 3 is 2.21 bits per heavy atom. The molecule has 3 N–H and O–H groups in total. The summed E-state index contributed by atoms with van der Waals surface area (Å²) in [5.41, 5.74) is 2.65. The number of rotatable bonds is 11. The van der Waals surface area contributed by atoms with Crippen LogP contribution in [0.3, 0.4) is 0 Å². The molecule has 3 amide bonds. The molecule has 0 heterocycles. The molecule has 0 saturated heterocycles. The van der Waals surface area contributed by atoms with Gasteiger partial charge in [0, 0.05) is 26.7 Å². The zero-order valence-corrected chi connectivity index (χ0v) is 27.4. The largest absolute Gasteiger partial charge is 0.496 e. The number of hydrogen-bond acceptors (Lipinski definition) is 5. The summed E-state index contributed by atoms with van der Waals surface area (Å²) in [4.78, 5) is 41.1. The quantitative estimate of drug-likeness (QED) is 0.0956. The topological polar surface area (TPSA) is 96.5 Å². The molecule has 5 aromatic carbocycles. The second-order valence-corrected chi connectivity index (χ2v) is 12.1. The molecule has 10 heteroatoms. The second-order valence-electron chi connectivity index (χ2n) is 10.1. The van der Waals surface area contributed by atoms with Crippen LogP contribution in [0, 0.1) is 0 Å². The Labute approximate surface area is 287 Å². The van der Waals surface area contributed by atoms with E-state index in [1.165, 1.54) is 18.9 Å². The average molecular weight is 683 g/mol. The third kappa shape index (κ3) is 9.04. The summed E-state index contributed by atoms with van der Waals surface area (Å²) in [5.74, 6) is -0.752. The van der Waals surface area contributed by atoms with Gasteiger partial charge in [0.2, 0.25) is 5.91 Å². The molecule has 236 valence electrons. The van der Waals surface area contributed by atoms with E-state index >= 15 is 0 Å². The lowest BCUT2D eigenvalue weighted by Crippen LogP contribution is -2.30. The Kier molecular flexibility index (Phi) is 11.4. The number of anilines is 2. The predicted molar refractivity (Wildman–Crippen MR) is 190 cm³/mol. The monoisotopic (exact) mass is 681 g/mol. The van der Waals surface area contributed by atoms with Crippen molar-refractivity contribution in [2.75, 3.05) is 17.7 Å². The molecule has 0 aromatic heterocycles. The van der Waals surface area contributed by atoms with Crippen LogP contribution in [0.15, 0.2) is 138 Å². The van der Waals surface area contributed by atoms with Crippen molar-refractivity contribution < 1.29 is 19.1 Å². The van der Waals surface area contributed by atoms with E-state index in [0.717, 1.165) is 5.56 Å². The highest BCUT2D eigenvalue weighted by Crippen LogP contribution is 2.38. The van der Waals surface area contributed by atoms with Crippen molar-refractivity contribution in [3.63, 3.8) is 0 Å². The SMILES string of the molecule is COc1ccccc1/C=C(/NC(=O)c1ccccc1)C(=O)Nc1cccc(SC(C(=O)Nc2cc(Cl)ccc2Cl)c2ccccc2)c1. The lowest BCUT2D eigenvalue weighted by atomic mass is 10.1. The van der Waals surface area contributed by atoms with Gasteiger partial charge in [-0.2, -0.15) is 0 Å². The van der Waals surface area contributed by atoms with Gasteiger partial charge in [-0.1, -0.05) is 96.0 Å². The number of para-hydroxylation sites is 1. The maximum absolute atomic E-state index is 13.7. The van der Waals surface area contributed by atoms with Crippen LogP contribution in [0.1, 0.15) is 26.7 Å². The van der Waals surface area contributed by atoms with Crippen molar-refractivity contribution >= 4 is 70.1 Å². The molecular formula is C37H29Cl2N3O4S. The summed E-state index contributed by atoms with van der Waals surface area (Å²) in [6, 6.07) is 37.1. The van der Waals surface area contributed by atoms with Gasteiger partial charge < -0.3 is 20.7 Å². The number of halogens is 2. The van der Waals surface area contributed by atoms with Gasteiger partial charge in [0.05, 0.1) is 17.8 Å². The van der Waals surface area contributed by atoms with Crippen LogP contribution in [0.5, 0.6) is 5.75 Å². The van der Waals surface area contributed by atoms with Crippen LogP contribution in [-0.2, 0) is 9.59 Å². The minimum atomic E-state index is -0.664. The number of hydrogen-bond donors (Lipinski definition) is 3. The number of amides is 3. The number of nitrogens with one attached hydrogen (secondary N) is 3. The summed E-state index contributed by atoms with van der Waals surface area (Å²) in [6.45, 7) is 0. The van der Waals surface area contributed by atoms with E-state index in [9.17, 15) is 14.4 Å². The molecule has 5 rings (SSSR count). The smallest absolute Gasteiger partial charge is 0.272 e. The third-order valence-corrected chi connectivity index (χ3v) is 8.65. The first-order chi connectivity index (χ1) is 22.8. The van der Waals surface area contributed by atoms with E-state index in [2.05, 4.69) is 16.0 Å². The molecule has 0 saturated carbocycles. The van der Waals surface area contributed by atoms with E-state index in [4.69, 9.17) is 27.9 Å². The summed E-state index contributed by atoms with van der Waals surface area (Å²) in [5, 5.41) is 8.66. The van der Waals surface area contributed by atoms with Crippen molar-refractivity contribution in [3.8, 4) is 5.75 Å². The van der Waals surface area contributed by atoms with Crippen LogP contribution >= 0.6 is 35.0 Å². The van der Waals surface area contributed by atoms with Crippen molar-refractivity contribution in [1.29, 1.82) is 0 Å². The fourth-order valence-electron chi connectivity index (χ4n) is 4.56. The highest BCUT2D eigenvalue weighted by atomic mass is 35.5. The van der Waals surface area contributed by atoms with Crippen LogP contribution in [0.4, 0.5) is 11.4 Å². The van der Waals surface area contributed by atoms with Crippen molar-refractivity contribution in [1.82, 2.24) is 5.32 Å². The molecule has 1 atom stereocenters. The van der Waals surface area contributed by atoms with Gasteiger partial charge in [-0.15, -0.1) is 11.8 Å². The number of ether oxygens (including phenoxy) is 1. The lowest BCUT2D eigenvalue weighted by molar-refractivity contribution is -0.116. The normalized spacial score (nSPS) is 11.7. The first-order valence-electron chi connectivity index (χ1n) is 14.4. The molecular weight excluding hydrogens is 653 g/mol. The number of methoxy groups -OCH3 is 1. The number of carbonyl (C=O) groups is 3. The molecule has 1 unspecified atom stereocenters. The predicted octanol–water partition coefficient (Wildman–Crippen LogP) is 8.88. The van der Waals surface area contributed by atoms with Gasteiger partial charge in [0.1, 0.15) is 16.7 Å². The van der Waals surface area contributed by atoms with Gasteiger partial charge in [0.15, 0.2) is 0 Å². The molecule has 0 fully saturated rings. The highest BCUT2D eigenvalue weighted by molar-refractivity contribution is 8.00. The van der Waals surface area contributed by atoms with Gasteiger partial charge >= 0.3 is 0 Å². The van der Waals surface area contributed by atoms with Crippen molar-refractivity contribution in [2.24, 2.45) is 0 Å². The van der Waals surface area contributed by atoms with Crippen LogP contribution < -0.4 is 20.7 Å². The Morgan fingerprint density at radius 1 is 0.766 bits per heavy atom.